The molecule has 0 aliphatic heterocycles. The van der Waals surface area contributed by atoms with E-state index in [1.54, 1.807) is 9.80 Å². The molecular weight excluding hydrogens is 414 g/mol. The second-order valence-electron chi connectivity index (χ2n) is 8.97. The first-order valence-electron chi connectivity index (χ1n) is 11.9. The van der Waals surface area contributed by atoms with Crippen molar-refractivity contribution in [3.05, 3.63) is 71.8 Å². The van der Waals surface area contributed by atoms with Crippen LogP contribution in [0.2, 0.25) is 0 Å². The van der Waals surface area contributed by atoms with Crippen LogP contribution in [0.1, 0.15) is 44.7 Å². The van der Waals surface area contributed by atoms with Crippen LogP contribution in [-0.2, 0) is 17.8 Å². The highest BCUT2D eigenvalue weighted by atomic mass is 16.3. The molecule has 2 unspecified atom stereocenters. The number of nitrogens with zero attached hydrogens (tertiary/aromatic N) is 2. The summed E-state index contributed by atoms with van der Waals surface area (Å²) in [5, 5.41) is 14.3. The average Bonchev–Trinajstić information content (AvgIpc) is 2.82. The van der Waals surface area contributed by atoms with E-state index >= 15 is 0 Å². The van der Waals surface area contributed by atoms with Gasteiger partial charge in [-0.2, -0.15) is 0 Å². The number of urea groups is 1. The molecule has 2 rings (SSSR count). The maximum atomic E-state index is 12.8. The van der Waals surface area contributed by atoms with Gasteiger partial charge in [0.25, 0.3) is 0 Å². The first kappa shape index (κ1) is 26.4. The number of amides is 3. The van der Waals surface area contributed by atoms with Crippen LogP contribution < -0.4 is 5.32 Å². The fourth-order valence-corrected chi connectivity index (χ4v) is 3.87. The van der Waals surface area contributed by atoms with E-state index in [0.717, 1.165) is 30.4 Å². The number of rotatable bonds is 14. The van der Waals surface area contributed by atoms with Crippen molar-refractivity contribution in [3.8, 4) is 0 Å². The molecule has 6 nitrogen and oxygen atoms in total. The van der Waals surface area contributed by atoms with Gasteiger partial charge < -0.3 is 20.2 Å². The summed E-state index contributed by atoms with van der Waals surface area (Å²) in [5.74, 6) is 0.258. The molecule has 180 valence electrons. The van der Waals surface area contributed by atoms with Crippen molar-refractivity contribution in [1.29, 1.82) is 0 Å². The van der Waals surface area contributed by atoms with Gasteiger partial charge in [0.15, 0.2) is 0 Å². The lowest BCUT2D eigenvalue weighted by Crippen LogP contribution is -2.52. The monoisotopic (exact) mass is 453 g/mol. The average molecular weight is 454 g/mol. The third-order valence-electron chi connectivity index (χ3n) is 5.59. The molecule has 6 heteroatoms. The lowest BCUT2D eigenvalue weighted by Gasteiger charge is -2.35. The van der Waals surface area contributed by atoms with Crippen molar-refractivity contribution in [2.45, 2.75) is 58.7 Å². The minimum Gasteiger partial charge on any atom is -0.389 e. The Kier molecular flexibility index (Phi) is 11.5. The molecule has 0 saturated heterocycles. The maximum Gasteiger partial charge on any atom is 0.317 e. The lowest BCUT2D eigenvalue weighted by molar-refractivity contribution is -0.123. The zero-order valence-electron chi connectivity index (χ0n) is 20.2. The molecule has 0 aromatic heterocycles. The summed E-state index contributed by atoms with van der Waals surface area (Å²) in [7, 11) is 0. The Morgan fingerprint density at radius 3 is 2.15 bits per heavy atom. The van der Waals surface area contributed by atoms with Gasteiger partial charge in [0.1, 0.15) is 0 Å². The number of carbonyl (C=O) groups excluding carboxylic acids is 2. The van der Waals surface area contributed by atoms with E-state index in [9.17, 15) is 14.7 Å². The van der Waals surface area contributed by atoms with Crippen LogP contribution in [0.15, 0.2) is 60.7 Å². The van der Waals surface area contributed by atoms with Gasteiger partial charge in [-0.25, -0.2) is 4.79 Å². The number of nitrogens with one attached hydrogen (secondary N) is 1. The number of unbranched alkanes of at least 4 members (excludes halogenated alkanes) is 1. The highest BCUT2D eigenvalue weighted by Gasteiger charge is 2.29. The molecule has 0 bridgehead atoms. The normalized spacial score (nSPS) is 12.8. The molecular formula is C27H39N3O3. The second kappa shape index (κ2) is 14.3. The van der Waals surface area contributed by atoms with Crippen LogP contribution in [0.25, 0.3) is 0 Å². The topological polar surface area (TPSA) is 72.9 Å². The van der Waals surface area contributed by atoms with Gasteiger partial charge >= 0.3 is 6.03 Å². The minimum absolute atomic E-state index is 0.159. The SMILES string of the molecule is CCCCNC(=O)N(CC(C)C)CC(O)C(Cc1ccccc1)N(C=O)Cc1ccccc1. The Balaban J connectivity index is 2.22. The Morgan fingerprint density at radius 1 is 1.00 bits per heavy atom. The zero-order chi connectivity index (χ0) is 24.1. The van der Waals surface area contributed by atoms with E-state index in [0.29, 0.717) is 26.1 Å². The zero-order valence-corrected chi connectivity index (χ0v) is 20.2. The van der Waals surface area contributed by atoms with Gasteiger partial charge in [0, 0.05) is 19.6 Å². The minimum atomic E-state index is -0.894. The van der Waals surface area contributed by atoms with E-state index in [1.165, 1.54) is 0 Å². The van der Waals surface area contributed by atoms with Gasteiger partial charge in [-0.15, -0.1) is 0 Å². The van der Waals surface area contributed by atoms with Crippen LogP contribution in [0.3, 0.4) is 0 Å². The summed E-state index contributed by atoms with van der Waals surface area (Å²) in [6, 6.07) is 18.9. The Morgan fingerprint density at radius 2 is 1.61 bits per heavy atom. The summed E-state index contributed by atoms with van der Waals surface area (Å²) < 4.78 is 0. The van der Waals surface area contributed by atoms with E-state index in [1.807, 2.05) is 74.5 Å². The maximum absolute atomic E-state index is 12.8. The molecule has 0 heterocycles. The number of aliphatic hydroxyl groups excluding tert-OH is 1. The van der Waals surface area contributed by atoms with Gasteiger partial charge in [-0.3, -0.25) is 4.79 Å². The second-order valence-corrected chi connectivity index (χ2v) is 8.97. The highest BCUT2D eigenvalue weighted by Crippen LogP contribution is 2.17. The quantitative estimate of drug-likeness (QED) is 0.334. The first-order valence-corrected chi connectivity index (χ1v) is 11.9. The van der Waals surface area contributed by atoms with Crippen molar-refractivity contribution < 1.29 is 14.7 Å². The predicted molar refractivity (Wildman–Crippen MR) is 133 cm³/mol. The standard InChI is InChI=1S/C27H39N3O3/c1-4-5-16-28-27(33)29(18-22(2)3)20-26(32)25(17-23-12-8-6-9-13-23)30(21-31)19-24-14-10-7-11-15-24/h6-15,21-22,25-26,32H,4-5,16-20H2,1-3H3,(H,28,33). The first-order chi connectivity index (χ1) is 15.9. The van der Waals surface area contributed by atoms with E-state index < -0.39 is 12.1 Å². The third-order valence-corrected chi connectivity index (χ3v) is 5.59. The molecule has 0 saturated carbocycles. The Bertz CT molecular complexity index is 814. The molecule has 0 aliphatic rings. The van der Waals surface area contributed by atoms with E-state index in [4.69, 9.17) is 0 Å². The fourth-order valence-electron chi connectivity index (χ4n) is 3.87. The van der Waals surface area contributed by atoms with Gasteiger partial charge in [-0.1, -0.05) is 87.9 Å². The molecule has 2 N–H and O–H groups in total. The summed E-state index contributed by atoms with van der Waals surface area (Å²) in [6.07, 6.45) is 2.32. The van der Waals surface area contributed by atoms with Crippen LogP contribution in [0.4, 0.5) is 4.79 Å². The van der Waals surface area contributed by atoms with Crippen molar-refractivity contribution in [3.63, 3.8) is 0 Å². The smallest absolute Gasteiger partial charge is 0.317 e. The molecule has 2 aromatic rings. The number of aliphatic hydroxyl groups is 1. The largest absolute Gasteiger partial charge is 0.389 e. The fraction of sp³-hybridized carbons (Fsp3) is 0.481. The highest BCUT2D eigenvalue weighted by molar-refractivity contribution is 5.74. The van der Waals surface area contributed by atoms with Crippen molar-refractivity contribution in [2.24, 2.45) is 5.92 Å². The van der Waals surface area contributed by atoms with E-state index in [2.05, 4.69) is 12.2 Å². The summed E-state index contributed by atoms with van der Waals surface area (Å²) >= 11 is 0. The molecule has 33 heavy (non-hydrogen) atoms. The number of hydrogen-bond donors (Lipinski definition) is 2. The van der Waals surface area contributed by atoms with Crippen LogP contribution >= 0.6 is 0 Å². The van der Waals surface area contributed by atoms with Gasteiger partial charge in [0.2, 0.25) is 6.41 Å². The third kappa shape index (κ3) is 9.26. The Labute approximate surface area is 198 Å². The molecule has 0 fully saturated rings. The van der Waals surface area contributed by atoms with Crippen LogP contribution in [0.5, 0.6) is 0 Å². The molecule has 0 spiro atoms. The summed E-state index contributed by atoms with van der Waals surface area (Å²) in [5.41, 5.74) is 2.02. The molecule has 3 amide bonds. The van der Waals surface area contributed by atoms with E-state index in [-0.39, 0.29) is 18.5 Å². The van der Waals surface area contributed by atoms with Crippen molar-refractivity contribution in [2.75, 3.05) is 19.6 Å². The molecule has 2 atom stereocenters. The summed E-state index contributed by atoms with van der Waals surface area (Å²) in [4.78, 5) is 28.3. The Hall–Kier alpha value is -2.86. The molecule has 0 aliphatic carbocycles. The molecule has 2 aromatic carbocycles. The number of hydrogen-bond acceptors (Lipinski definition) is 3. The van der Waals surface area contributed by atoms with Crippen molar-refractivity contribution in [1.82, 2.24) is 15.1 Å². The number of carbonyl (C=O) groups is 2. The van der Waals surface area contributed by atoms with Gasteiger partial charge in [-0.05, 0) is 29.9 Å². The van der Waals surface area contributed by atoms with Crippen LogP contribution in [0, 0.1) is 5.92 Å². The predicted octanol–water partition coefficient (Wildman–Crippen LogP) is 4.08. The lowest BCUT2D eigenvalue weighted by atomic mass is 9.98. The molecule has 0 radical (unpaired) electrons. The van der Waals surface area contributed by atoms with Crippen LogP contribution in [-0.4, -0.2) is 59.1 Å². The van der Waals surface area contributed by atoms with Gasteiger partial charge in [0.05, 0.1) is 18.7 Å². The summed E-state index contributed by atoms with van der Waals surface area (Å²) in [6.45, 7) is 7.88. The van der Waals surface area contributed by atoms with Crippen molar-refractivity contribution >= 4 is 12.4 Å². The number of benzene rings is 2.